The van der Waals surface area contributed by atoms with Crippen molar-refractivity contribution in [2.24, 2.45) is 0 Å². The molecule has 0 amide bonds. The summed E-state index contributed by atoms with van der Waals surface area (Å²) in [5.74, 6) is 0. The van der Waals surface area contributed by atoms with E-state index in [1.54, 1.807) is 0 Å². The summed E-state index contributed by atoms with van der Waals surface area (Å²) in [7, 11) is 0. The van der Waals surface area contributed by atoms with Crippen LogP contribution in [0.25, 0.3) is 0 Å². The van der Waals surface area contributed by atoms with Crippen LogP contribution in [-0.2, 0) is 10.5 Å². The van der Waals surface area contributed by atoms with Crippen molar-refractivity contribution in [3.05, 3.63) is 34.9 Å². The Morgan fingerprint density at radius 3 is 2.23 bits per heavy atom. The van der Waals surface area contributed by atoms with Gasteiger partial charge in [0.1, 0.15) is 0 Å². The van der Waals surface area contributed by atoms with Crippen molar-refractivity contribution in [2.45, 2.75) is 25.7 Å². The molecule has 0 aromatic heterocycles. The third-order valence-electron chi connectivity index (χ3n) is 2.64. The molecule has 2 heteroatoms. The third kappa shape index (κ3) is 2.23. The highest BCUT2D eigenvalue weighted by molar-refractivity contribution is 6.30. The molecule has 1 radical (unpaired) electrons. The van der Waals surface area contributed by atoms with Crippen molar-refractivity contribution in [2.75, 3.05) is 6.61 Å². The summed E-state index contributed by atoms with van der Waals surface area (Å²) < 4.78 is 0. The van der Waals surface area contributed by atoms with Crippen molar-refractivity contribution in [3.8, 4) is 0 Å². The molecule has 0 heterocycles. The quantitative estimate of drug-likeness (QED) is 0.708. The van der Waals surface area contributed by atoms with Crippen LogP contribution in [0.15, 0.2) is 24.3 Å². The largest absolute Gasteiger partial charge is 0.236 e. The minimum absolute atomic E-state index is 0.0782. The molecule has 1 unspecified atom stereocenters. The second-order valence-corrected chi connectivity index (χ2v) is 4.00. The van der Waals surface area contributed by atoms with Crippen LogP contribution in [0.1, 0.15) is 25.8 Å². The fourth-order valence-corrected chi connectivity index (χ4v) is 1.37. The summed E-state index contributed by atoms with van der Waals surface area (Å²) in [4.78, 5) is 0. The van der Waals surface area contributed by atoms with E-state index in [1.165, 1.54) is 0 Å². The lowest BCUT2D eigenvalue weighted by molar-refractivity contribution is 0.125. The van der Waals surface area contributed by atoms with Crippen LogP contribution < -0.4 is 0 Å². The highest BCUT2D eigenvalue weighted by Gasteiger charge is 2.23. The van der Waals surface area contributed by atoms with Gasteiger partial charge in [-0.15, -0.1) is 0 Å². The monoisotopic (exact) mass is 197 g/mol. The van der Waals surface area contributed by atoms with Gasteiger partial charge in [0.25, 0.3) is 0 Å². The Balaban J connectivity index is 2.99. The van der Waals surface area contributed by atoms with Crippen LogP contribution in [0.4, 0.5) is 0 Å². The van der Waals surface area contributed by atoms with Crippen LogP contribution in [0.2, 0.25) is 5.02 Å². The zero-order valence-electron chi connectivity index (χ0n) is 8.01. The number of benzene rings is 1. The average molecular weight is 198 g/mol. The van der Waals surface area contributed by atoms with Crippen LogP contribution >= 0.6 is 11.6 Å². The molecule has 0 spiro atoms. The number of halogens is 1. The first-order chi connectivity index (χ1) is 6.12. The van der Waals surface area contributed by atoms with Crippen LogP contribution in [0.3, 0.4) is 0 Å². The Morgan fingerprint density at radius 2 is 1.85 bits per heavy atom. The van der Waals surface area contributed by atoms with E-state index in [0.717, 1.165) is 12.0 Å². The molecule has 0 fully saturated rings. The van der Waals surface area contributed by atoms with E-state index >= 15 is 0 Å². The molecule has 71 valence electrons. The van der Waals surface area contributed by atoms with Crippen LogP contribution in [0, 0.1) is 0 Å². The number of rotatable bonds is 3. The molecule has 0 aliphatic heterocycles. The maximum atomic E-state index is 11.0. The average Bonchev–Trinajstić information content (AvgIpc) is 2.18. The fourth-order valence-electron chi connectivity index (χ4n) is 1.24. The van der Waals surface area contributed by atoms with Gasteiger partial charge in [0.15, 0.2) is 0 Å². The van der Waals surface area contributed by atoms with Crippen molar-refractivity contribution in [1.29, 1.82) is 0 Å². The predicted octanol–water partition coefficient (Wildman–Crippen LogP) is 3.44. The zero-order chi connectivity index (χ0) is 9.90. The molecule has 1 atom stereocenters. The number of hydrogen-bond donors (Lipinski definition) is 0. The minimum Gasteiger partial charge on any atom is -0.236 e. The highest BCUT2D eigenvalue weighted by atomic mass is 35.5. The van der Waals surface area contributed by atoms with Gasteiger partial charge in [0, 0.05) is 10.4 Å². The van der Waals surface area contributed by atoms with E-state index in [4.69, 9.17) is 11.6 Å². The van der Waals surface area contributed by atoms with Gasteiger partial charge in [0.2, 0.25) is 0 Å². The zero-order valence-corrected chi connectivity index (χ0v) is 8.77. The summed E-state index contributed by atoms with van der Waals surface area (Å²) >= 11 is 5.77. The van der Waals surface area contributed by atoms with Gasteiger partial charge in [-0.3, -0.25) is 0 Å². The van der Waals surface area contributed by atoms with E-state index < -0.39 is 0 Å². The Hall–Kier alpha value is -0.530. The maximum absolute atomic E-state index is 11.0. The van der Waals surface area contributed by atoms with Crippen molar-refractivity contribution >= 4 is 11.6 Å². The van der Waals surface area contributed by atoms with Crippen LogP contribution in [0.5, 0.6) is 0 Å². The van der Waals surface area contributed by atoms with Crippen molar-refractivity contribution in [3.63, 3.8) is 0 Å². The van der Waals surface area contributed by atoms with Gasteiger partial charge in [-0.05, 0) is 24.1 Å². The van der Waals surface area contributed by atoms with Crippen molar-refractivity contribution < 1.29 is 5.11 Å². The Morgan fingerprint density at radius 1 is 1.31 bits per heavy atom. The Kier molecular flexibility index (Phi) is 3.34. The highest BCUT2D eigenvalue weighted by Crippen LogP contribution is 2.27. The van der Waals surface area contributed by atoms with E-state index in [1.807, 2.05) is 38.1 Å². The topological polar surface area (TPSA) is 19.9 Å². The van der Waals surface area contributed by atoms with E-state index in [9.17, 15) is 5.11 Å². The predicted molar refractivity (Wildman–Crippen MR) is 54.6 cm³/mol. The first-order valence-electron chi connectivity index (χ1n) is 4.46. The normalized spacial score (nSPS) is 15.4. The molecular formula is C11H14ClO. The SMILES string of the molecule is CCC(C)(C[O])c1ccc(Cl)cc1. The lowest BCUT2D eigenvalue weighted by atomic mass is 9.81. The molecule has 0 saturated heterocycles. The van der Waals surface area contributed by atoms with Gasteiger partial charge in [-0.2, -0.15) is 0 Å². The Labute approximate surface area is 84.4 Å². The first kappa shape index (κ1) is 10.6. The molecule has 0 aliphatic carbocycles. The van der Waals surface area contributed by atoms with E-state index in [-0.39, 0.29) is 12.0 Å². The number of hydrogen-bond acceptors (Lipinski definition) is 0. The molecule has 13 heavy (non-hydrogen) atoms. The van der Waals surface area contributed by atoms with Gasteiger partial charge in [-0.1, -0.05) is 37.6 Å². The minimum atomic E-state index is -0.245. The summed E-state index contributed by atoms with van der Waals surface area (Å²) in [6, 6.07) is 7.54. The molecule has 1 rings (SSSR count). The summed E-state index contributed by atoms with van der Waals surface area (Å²) in [6.45, 7) is 3.95. The van der Waals surface area contributed by atoms with E-state index in [0.29, 0.717) is 5.02 Å². The van der Waals surface area contributed by atoms with Gasteiger partial charge in [-0.25, -0.2) is 5.11 Å². The third-order valence-corrected chi connectivity index (χ3v) is 2.89. The summed E-state index contributed by atoms with van der Waals surface area (Å²) in [5, 5.41) is 11.8. The molecule has 1 aromatic carbocycles. The van der Waals surface area contributed by atoms with Crippen LogP contribution in [-0.4, -0.2) is 6.61 Å². The lowest BCUT2D eigenvalue weighted by Gasteiger charge is -2.25. The van der Waals surface area contributed by atoms with E-state index in [2.05, 4.69) is 0 Å². The second-order valence-electron chi connectivity index (χ2n) is 3.57. The molecule has 1 aromatic rings. The summed E-state index contributed by atoms with van der Waals surface area (Å²) in [5.41, 5.74) is 0.833. The fraction of sp³-hybridized carbons (Fsp3) is 0.455. The van der Waals surface area contributed by atoms with Gasteiger partial charge >= 0.3 is 0 Å². The van der Waals surface area contributed by atoms with Crippen molar-refractivity contribution in [1.82, 2.24) is 0 Å². The van der Waals surface area contributed by atoms with Gasteiger partial charge in [0.05, 0.1) is 6.61 Å². The maximum Gasteiger partial charge on any atom is 0.0916 e. The Bertz CT molecular complexity index is 262. The standard InChI is InChI=1S/C11H14ClO/c1-3-11(2,8-13)9-4-6-10(12)7-5-9/h4-7H,3,8H2,1-2H3. The van der Waals surface area contributed by atoms with Gasteiger partial charge < -0.3 is 0 Å². The molecule has 0 saturated carbocycles. The molecule has 0 bridgehead atoms. The molecular weight excluding hydrogens is 184 g/mol. The first-order valence-corrected chi connectivity index (χ1v) is 4.84. The molecule has 1 nitrogen and oxygen atoms in total. The summed E-state index contributed by atoms with van der Waals surface area (Å²) in [6.07, 6.45) is 0.859. The molecule has 0 aliphatic rings. The molecule has 0 N–H and O–H groups in total. The lowest BCUT2D eigenvalue weighted by Crippen LogP contribution is -2.24. The second kappa shape index (κ2) is 4.12. The smallest absolute Gasteiger partial charge is 0.0916 e.